The van der Waals surface area contributed by atoms with Gasteiger partial charge in [-0.15, -0.1) is 0 Å². The number of rotatable bonds is 1. The van der Waals surface area contributed by atoms with Gasteiger partial charge in [0.1, 0.15) is 11.4 Å². The van der Waals surface area contributed by atoms with Gasteiger partial charge in [-0.1, -0.05) is 0 Å². The van der Waals surface area contributed by atoms with E-state index in [2.05, 4.69) is 0 Å². The van der Waals surface area contributed by atoms with Gasteiger partial charge in [0, 0.05) is 24.4 Å². The Morgan fingerprint density at radius 2 is 1.90 bits per heavy atom. The van der Waals surface area contributed by atoms with Crippen molar-refractivity contribution < 1.29 is 19.4 Å². The fourth-order valence-corrected chi connectivity index (χ4v) is 3.48. The molecule has 120 valence electrons. The molecule has 1 aliphatic heterocycles. The summed E-state index contributed by atoms with van der Waals surface area (Å²) in [6.07, 6.45) is 2.12. The van der Waals surface area contributed by atoms with Crippen molar-refractivity contribution in [3.05, 3.63) is 0 Å². The molecule has 5 heteroatoms. The van der Waals surface area contributed by atoms with Crippen LogP contribution in [-0.4, -0.2) is 46.7 Å². The van der Waals surface area contributed by atoms with E-state index in [1.807, 2.05) is 20.8 Å². The van der Waals surface area contributed by atoms with Gasteiger partial charge in [0.25, 0.3) is 0 Å². The number of aliphatic hydroxyl groups excluding tert-OH is 1. The van der Waals surface area contributed by atoms with E-state index in [1.54, 1.807) is 11.8 Å². The molecule has 21 heavy (non-hydrogen) atoms. The molecular weight excluding hydrogens is 270 g/mol. The van der Waals surface area contributed by atoms with Gasteiger partial charge in [-0.2, -0.15) is 0 Å². The Hall–Kier alpha value is -1.10. The van der Waals surface area contributed by atoms with E-state index in [1.165, 1.54) is 0 Å². The Morgan fingerprint density at radius 3 is 2.33 bits per heavy atom. The summed E-state index contributed by atoms with van der Waals surface area (Å²) in [5.74, 6) is -0.0283. The van der Waals surface area contributed by atoms with Gasteiger partial charge in [0.15, 0.2) is 0 Å². The lowest BCUT2D eigenvalue weighted by atomic mass is 9.75. The van der Waals surface area contributed by atoms with Crippen molar-refractivity contribution in [3.63, 3.8) is 0 Å². The standard InChI is InChI=1S/C16H27NO4/c1-11(18)12-5-6-16(13(12)19)7-9-17(10-8-16)14(20)21-15(2,3)4/h11-12,18H,5-10H2,1-4H3/t11-,12-/m1/s1. The summed E-state index contributed by atoms with van der Waals surface area (Å²) in [5, 5.41) is 9.70. The topological polar surface area (TPSA) is 66.8 Å². The zero-order valence-corrected chi connectivity index (χ0v) is 13.5. The zero-order valence-electron chi connectivity index (χ0n) is 13.5. The number of hydrogen-bond acceptors (Lipinski definition) is 4. The molecule has 1 aliphatic carbocycles. The monoisotopic (exact) mass is 297 g/mol. The van der Waals surface area contributed by atoms with Crippen molar-refractivity contribution >= 4 is 11.9 Å². The van der Waals surface area contributed by atoms with E-state index < -0.39 is 11.7 Å². The summed E-state index contributed by atoms with van der Waals surface area (Å²) >= 11 is 0. The van der Waals surface area contributed by atoms with Crippen LogP contribution in [0.5, 0.6) is 0 Å². The molecule has 1 N–H and O–H groups in total. The fourth-order valence-electron chi connectivity index (χ4n) is 3.48. The first-order valence-electron chi connectivity index (χ1n) is 7.85. The molecular formula is C16H27NO4. The molecule has 0 radical (unpaired) electrons. The molecule has 1 saturated heterocycles. The lowest BCUT2D eigenvalue weighted by Crippen LogP contribution is -2.47. The molecule has 0 aromatic heterocycles. The Kier molecular flexibility index (Phi) is 4.34. The van der Waals surface area contributed by atoms with Crippen LogP contribution in [0.15, 0.2) is 0 Å². The van der Waals surface area contributed by atoms with Crippen molar-refractivity contribution in [3.8, 4) is 0 Å². The Morgan fingerprint density at radius 1 is 1.33 bits per heavy atom. The van der Waals surface area contributed by atoms with Crippen LogP contribution in [0.3, 0.4) is 0 Å². The first-order valence-corrected chi connectivity index (χ1v) is 7.85. The van der Waals surface area contributed by atoms with Crippen LogP contribution in [0.25, 0.3) is 0 Å². The van der Waals surface area contributed by atoms with Crippen molar-refractivity contribution in [1.82, 2.24) is 4.90 Å². The van der Waals surface area contributed by atoms with Crippen molar-refractivity contribution in [2.45, 2.75) is 65.1 Å². The van der Waals surface area contributed by atoms with Crippen LogP contribution in [0.1, 0.15) is 53.4 Å². The number of hydrogen-bond donors (Lipinski definition) is 1. The summed E-state index contributed by atoms with van der Waals surface area (Å²) in [5.41, 5.74) is -0.813. The van der Waals surface area contributed by atoms with E-state index in [4.69, 9.17) is 4.74 Å². The first kappa shape index (κ1) is 16.3. The van der Waals surface area contributed by atoms with Crippen LogP contribution < -0.4 is 0 Å². The number of likely N-dealkylation sites (tertiary alicyclic amines) is 1. The summed E-state index contributed by atoms with van der Waals surface area (Å²) in [6.45, 7) is 8.37. The maximum atomic E-state index is 12.5. The van der Waals surface area contributed by atoms with Crippen LogP contribution in [0.2, 0.25) is 0 Å². The normalized spacial score (nSPS) is 27.0. The van der Waals surface area contributed by atoms with Gasteiger partial charge in [-0.25, -0.2) is 4.79 Å². The highest BCUT2D eigenvalue weighted by Crippen LogP contribution is 2.47. The van der Waals surface area contributed by atoms with Gasteiger partial charge in [-0.3, -0.25) is 4.79 Å². The molecule has 5 nitrogen and oxygen atoms in total. The van der Waals surface area contributed by atoms with Crippen LogP contribution in [0, 0.1) is 11.3 Å². The molecule has 2 aliphatic rings. The summed E-state index contributed by atoms with van der Waals surface area (Å²) in [6, 6.07) is 0. The largest absolute Gasteiger partial charge is 0.444 e. The average molecular weight is 297 g/mol. The second kappa shape index (κ2) is 5.59. The summed E-state index contributed by atoms with van der Waals surface area (Å²) in [7, 11) is 0. The number of amides is 1. The SMILES string of the molecule is C[C@@H](O)[C@H]1CCC2(CCN(C(=O)OC(C)(C)C)CC2)C1=O. The van der Waals surface area contributed by atoms with Crippen molar-refractivity contribution in [2.75, 3.05) is 13.1 Å². The third-order valence-corrected chi connectivity index (χ3v) is 4.75. The number of ether oxygens (including phenoxy) is 1. The van der Waals surface area contributed by atoms with Gasteiger partial charge in [0.2, 0.25) is 0 Å². The molecule has 0 aromatic rings. The van der Waals surface area contributed by atoms with E-state index in [-0.39, 0.29) is 23.2 Å². The predicted molar refractivity (Wildman–Crippen MR) is 78.9 cm³/mol. The molecule has 1 heterocycles. The molecule has 1 spiro atoms. The van der Waals surface area contributed by atoms with Gasteiger partial charge in [0.05, 0.1) is 6.10 Å². The highest BCUT2D eigenvalue weighted by molar-refractivity contribution is 5.89. The highest BCUT2D eigenvalue weighted by Gasteiger charge is 2.50. The zero-order chi connectivity index (χ0) is 15.8. The number of nitrogens with zero attached hydrogens (tertiary/aromatic N) is 1. The van der Waals surface area contributed by atoms with E-state index >= 15 is 0 Å². The molecule has 2 atom stereocenters. The molecule has 2 rings (SSSR count). The highest BCUT2D eigenvalue weighted by atomic mass is 16.6. The third-order valence-electron chi connectivity index (χ3n) is 4.75. The lowest BCUT2D eigenvalue weighted by molar-refractivity contribution is -0.133. The van der Waals surface area contributed by atoms with E-state index in [0.717, 1.165) is 12.8 Å². The third kappa shape index (κ3) is 3.39. The molecule has 1 saturated carbocycles. The minimum absolute atomic E-state index is 0.196. The number of ketones is 1. The molecule has 0 unspecified atom stereocenters. The molecule has 2 fully saturated rings. The number of carbonyl (C=O) groups excluding carboxylic acids is 2. The van der Waals surface area contributed by atoms with Gasteiger partial charge in [-0.05, 0) is 53.4 Å². The molecule has 1 amide bonds. The number of aliphatic hydroxyl groups is 1. The van der Waals surface area contributed by atoms with Crippen LogP contribution in [0.4, 0.5) is 4.79 Å². The van der Waals surface area contributed by atoms with Gasteiger partial charge < -0.3 is 14.7 Å². The minimum Gasteiger partial charge on any atom is -0.444 e. The lowest BCUT2D eigenvalue weighted by Gasteiger charge is -2.39. The van der Waals surface area contributed by atoms with Crippen molar-refractivity contribution in [2.24, 2.45) is 11.3 Å². The smallest absolute Gasteiger partial charge is 0.410 e. The Bertz CT molecular complexity index is 416. The summed E-state index contributed by atoms with van der Waals surface area (Å²) in [4.78, 5) is 26.3. The van der Waals surface area contributed by atoms with Gasteiger partial charge >= 0.3 is 6.09 Å². The van der Waals surface area contributed by atoms with E-state index in [0.29, 0.717) is 25.9 Å². The van der Waals surface area contributed by atoms with E-state index in [9.17, 15) is 14.7 Å². The number of Topliss-reactive ketones (excluding diaryl/α,β-unsaturated/α-hetero) is 1. The first-order chi connectivity index (χ1) is 9.65. The second-order valence-corrected chi connectivity index (χ2v) is 7.50. The van der Waals surface area contributed by atoms with Crippen LogP contribution >= 0.6 is 0 Å². The molecule has 0 aromatic carbocycles. The van der Waals surface area contributed by atoms with Crippen molar-refractivity contribution in [1.29, 1.82) is 0 Å². The maximum absolute atomic E-state index is 12.5. The maximum Gasteiger partial charge on any atom is 0.410 e. The Labute approximate surface area is 126 Å². The Balaban J connectivity index is 1.95. The minimum atomic E-state index is -0.569. The quantitative estimate of drug-likeness (QED) is 0.807. The summed E-state index contributed by atoms with van der Waals surface area (Å²) < 4.78 is 5.38. The van der Waals surface area contributed by atoms with Crippen LogP contribution in [-0.2, 0) is 9.53 Å². The molecule has 0 bridgehead atoms. The number of piperidine rings is 1. The average Bonchev–Trinajstić information content (AvgIpc) is 2.66. The predicted octanol–water partition coefficient (Wildman–Crippen LogP) is 2.36. The number of carbonyl (C=O) groups is 2. The second-order valence-electron chi connectivity index (χ2n) is 7.50. The fraction of sp³-hybridized carbons (Fsp3) is 0.875.